The minimum absolute atomic E-state index is 0.509. The van der Waals surface area contributed by atoms with Gasteiger partial charge in [-0.05, 0) is 34.3 Å². The molecule has 0 bridgehead atoms. The summed E-state index contributed by atoms with van der Waals surface area (Å²) in [5.74, 6) is 0.615. The van der Waals surface area contributed by atoms with Crippen molar-refractivity contribution in [1.82, 2.24) is 4.98 Å². The number of amidine groups is 1. The molecule has 1 aromatic heterocycles. The molecule has 0 saturated carbocycles. The molecule has 0 aliphatic carbocycles. The predicted molar refractivity (Wildman–Crippen MR) is 56.7 cm³/mol. The Kier molecular flexibility index (Phi) is 3.55. The second-order valence-electron chi connectivity index (χ2n) is 1.96. The first-order valence-corrected chi connectivity index (χ1v) is 5.24. The van der Waals surface area contributed by atoms with Crippen molar-refractivity contribution in [2.45, 2.75) is 0 Å². The molecule has 0 spiro atoms. The summed E-state index contributed by atoms with van der Waals surface area (Å²) in [6.07, 6.45) is 3.55. The highest BCUT2D eigenvalue weighted by molar-refractivity contribution is 9.10. The standard InChI is InChI=1S/C7H8BrN3S/c1-12-7(9)11-6-5(8)3-2-4-10-6/h2-4H,1H3,(H2,9,10,11). The molecule has 5 heteroatoms. The maximum atomic E-state index is 5.53. The molecule has 0 atom stereocenters. The molecule has 0 unspecified atom stereocenters. The first kappa shape index (κ1) is 9.54. The molecule has 0 amide bonds. The van der Waals surface area contributed by atoms with E-state index in [0.717, 1.165) is 4.47 Å². The number of aromatic nitrogens is 1. The minimum Gasteiger partial charge on any atom is -0.378 e. The fraction of sp³-hybridized carbons (Fsp3) is 0.143. The summed E-state index contributed by atoms with van der Waals surface area (Å²) >= 11 is 4.71. The Balaban J connectivity index is 2.96. The van der Waals surface area contributed by atoms with Crippen LogP contribution in [0.1, 0.15) is 0 Å². The van der Waals surface area contributed by atoms with Gasteiger partial charge in [0, 0.05) is 6.20 Å². The predicted octanol–water partition coefficient (Wildman–Crippen LogP) is 2.15. The lowest BCUT2D eigenvalue weighted by molar-refractivity contribution is 1.26. The molecular weight excluding hydrogens is 238 g/mol. The molecule has 0 radical (unpaired) electrons. The van der Waals surface area contributed by atoms with Gasteiger partial charge in [-0.3, -0.25) is 0 Å². The van der Waals surface area contributed by atoms with Gasteiger partial charge in [0.25, 0.3) is 0 Å². The van der Waals surface area contributed by atoms with E-state index >= 15 is 0 Å². The van der Waals surface area contributed by atoms with Crippen LogP contribution in [0, 0.1) is 0 Å². The van der Waals surface area contributed by atoms with Gasteiger partial charge < -0.3 is 5.73 Å². The van der Waals surface area contributed by atoms with E-state index in [-0.39, 0.29) is 0 Å². The Morgan fingerprint density at radius 3 is 3.08 bits per heavy atom. The van der Waals surface area contributed by atoms with Gasteiger partial charge in [-0.1, -0.05) is 11.8 Å². The summed E-state index contributed by atoms with van der Waals surface area (Å²) in [5, 5.41) is 0.509. The zero-order valence-electron chi connectivity index (χ0n) is 6.49. The second kappa shape index (κ2) is 4.47. The SMILES string of the molecule is CSC(N)=Nc1ncccc1Br. The summed E-state index contributed by atoms with van der Waals surface area (Å²) in [4.78, 5) is 8.11. The van der Waals surface area contributed by atoms with Crippen molar-refractivity contribution in [2.24, 2.45) is 10.7 Å². The average Bonchev–Trinajstić information content (AvgIpc) is 2.09. The number of hydrogen-bond donors (Lipinski definition) is 1. The van der Waals surface area contributed by atoms with Crippen molar-refractivity contribution in [2.75, 3.05) is 6.26 Å². The number of halogens is 1. The highest BCUT2D eigenvalue weighted by atomic mass is 79.9. The summed E-state index contributed by atoms with van der Waals surface area (Å²) in [5.41, 5.74) is 5.53. The van der Waals surface area contributed by atoms with Crippen molar-refractivity contribution in [3.63, 3.8) is 0 Å². The van der Waals surface area contributed by atoms with E-state index < -0.39 is 0 Å². The second-order valence-corrected chi connectivity index (χ2v) is 3.64. The monoisotopic (exact) mass is 245 g/mol. The number of hydrogen-bond acceptors (Lipinski definition) is 3. The Labute approximate surface area is 83.6 Å². The first-order valence-electron chi connectivity index (χ1n) is 3.22. The lowest BCUT2D eigenvalue weighted by Gasteiger charge is -1.97. The molecule has 3 nitrogen and oxygen atoms in total. The van der Waals surface area contributed by atoms with Crippen molar-refractivity contribution in [3.8, 4) is 0 Å². The number of thioether (sulfide) groups is 1. The van der Waals surface area contributed by atoms with Crippen LogP contribution in [0.5, 0.6) is 0 Å². The molecule has 0 aliphatic heterocycles. The highest BCUT2D eigenvalue weighted by Crippen LogP contribution is 2.21. The summed E-state index contributed by atoms with van der Waals surface area (Å²) in [6, 6.07) is 3.71. The first-order chi connectivity index (χ1) is 5.74. The molecule has 0 aromatic carbocycles. The van der Waals surface area contributed by atoms with E-state index in [0.29, 0.717) is 11.0 Å². The van der Waals surface area contributed by atoms with Gasteiger partial charge in [-0.25, -0.2) is 9.98 Å². The highest BCUT2D eigenvalue weighted by Gasteiger charge is 1.97. The van der Waals surface area contributed by atoms with Crippen LogP contribution in [0.25, 0.3) is 0 Å². The minimum atomic E-state index is 0.509. The van der Waals surface area contributed by atoms with Gasteiger partial charge in [0.1, 0.15) is 0 Å². The van der Waals surface area contributed by atoms with Crippen molar-refractivity contribution >= 4 is 38.7 Å². The number of rotatable bonds is 1. The zero-order valence-corrected chi connectivity index (χ0v) is 8.89. The maximum Gasteiger partial charge on any atom is 0.169 e. The molecule has 0 saturated heterocycles. The van der Waals surface area contributed by atoms with Crippen molar-refractivity contribution < 1.29 is 0 Å². The van der Waals surface area contributed by atoms with E-state index in [1.54, 1.807) is 6.20 Å². The van der Waals surface area contributed by atoms with Gasteiger partial charge in [0.05, 0.1) is 4.47 Å². The van der Waals surface area contributed by atoms with Gasteiger partial charge in [-0.2, -0.15) is 0 Å². The van der Waals surface area contributed by atoms with Crippen LogP contribution in [0.3, 0.4) is 0 Å². The van der Waals surface area contributed by atoms with E-state index in [1.807, 2.05) is 18.4 Å². The molecule has 1 aromatic rings. The van der Waals surface area contributed by atoms with E-state index in [4.69, 9.17) is 5.73 Å². The summed E-state index contributed by atoms with van der Waals surface area (Å²) in [6.45, 7) is 0. The van der Waals surface area contributed by atoms with Crippen LogP contribution >= 0.6 is 27.7 Å². The number of nitrogens with two attached hydrogens (primary N) is 1. The van der Waals surface area contributed by atoms with Crippen LogP contribution in [-0.2, 0) is 0 Å². The van der Waals surface area contributed by atoms with E-state index in [2.05, 4.69) is 25.9 Å². The summed E-state index contributed by atoms with van der Waals surface area (Å²) < 4.78 is 0.849. The fourth-order valence-electron chi connectivity index (χ4n) is 0.610. The third-order valence-electron chi connectivity index (χ3n) is 1.16. The van der Waals surface area contributed by atoms with Gasteiger partial charge in [0.2, 0.25) is 0 Å². The third-order valence-corrected chi connectivity index (χ3v) is 2.29. The lowest BCUT2D eigenvalue weighted by Crippen LogP contribution is -2.04. The molecule has 1 rings (SSSR count). The van der Waals surface area contributed by atoms with Gasteiger partial charge in [-0.15, -0.1) is 0 Å². The number of aliphatic imine (C=N–C) groups is 1. The van der Waals surface area contributed by atoms with Crippen LogP contribution in [-0.4, -0.2) is 16.4 Å². The number of pyridine rings is 1. The largest absolute Gasteiger partial charge is 0.378 e. The van der Waals surface area contributed by atoms with Gasteiger partial charge in [0.15, 0.2) is 11.0 Å². The smallest absolute Gasteiger partial charge is 0.169 e. The van der Waals surface area contributed by atoms with Crippen LogP contribution < -0.4 is 5.73 Å². The number of nitrogens with zero attached hydrogens (tertiary/aromatic N) is 2. The Morgan fingerprint density at radius 1 is 1.75 bits per heavy atom. The average molecular weight is 246 g/mol. The Bertz CT molecular complexity index is 300. The molecule has 12 heavy (non-hydrogen) atoms. The van der Waals surface area contributed by atoms with E-state index in [9.17, 15) is 0 Å². The molecule has 2 N–H and O–H groups in total. The third kappa shape index (κ3) is 2.49. The molecule has 0 fully saturated rings. The van der Waals surface area contributed by atoms with Crippen molar-refractivity contribution in [1.29, 1.82) is 0 Å². The normalized spacial score (nSPS) is 11.7. The molecule has 64 valence electrons. The Morgan fingerprint density at radius 2 is 2.50 bits per heavy atom. The van der Waals surface area contributed by atoms with Crippen LogP contribution in [0.15, 0.2) is 27.8 Å². The quantitative estimate of drug-likeness (QED) is 0.610. The zero-order chi connectivity index (χ0) is 8.97. The lowest BCUT2D eigenvalue weighted by atomic mass is 10.5. The maximum absolute atomic E-state index is 5.53. The van der Waals surface area contributed by atoms with E-state index in [1.165, 1.54) is 11.8 Å². The molecule has 1 heterocycles. The van der Waals surface area contributed by atoms with Crippen LogP contribution in [0.2, 0.25) is 0 Å². The van der Waals surface area contributed by atoms with Crippen LogP contribution in [0.4, 0.5) is 5.82 Å². The fourth-order valence-corrected chi connectivity index (χ4v) is 1.13. The van der Waals surface area contributed by atoms with Gasteiger partial charge >= 0.3 is 0 Å². The topological polar surface area (TPSA) is 51.3 Å². The van der Waals surface area contributed by atoms with Crippen molar-refractivity contribution in [3.05, 3.63) is 22.8 Å². The summed E-state index contributed by atoms with van der Waals surface area (Å²) in [7, 11) is 0. The molecule has 0 aliphatic rings. The molecular formula is C7H8BrN3S. The Hall–Kier alpha value is -0.550.